The summed E-state index contributed by atoms with van der Waals surface area (Å²) >= 11 is 0. The standard InChI is InChI=1S/C9H21N3O2S/c1-2-11-15(13,14)12(8-4-7-10)9-5-3-6-9/h9,11H,2-8,10H2,1H3. The Bertz CT molecular complexity index is 275. The molecule has 1 fully saturated rings. The molecule has 0 atom stereocenters. The van der Waals surface area contributed by atoms with E-state index >= 15 is 0 Å². The van der Waals surface area contributed by atoms with E-state index in [1.807, 2.05) is 0 Å². The molecule has 1 saturated carbocycles. The summed E-state index contributed by atoms with van der Waals surface area (Å²) in [5.74, 6) is 0. The highest BCUT2D eigenvalue weighted by Crippen LogP contribution is 2.26. The summed E-state index contributed by atoms with van der Waals surface area (Å²) in [7, 11) is -3.28. The van der Waals surface area contributed by atoms with Crippen LogP contribution in [0.2, 0.25) is 0 Å². The van der Waals surface area contributed by atoms with Gasteiger partial charge in [0.2, 0.25) is 0 Å². The van der Waals surface area contributed by atoms with E-state index in [1.165, 1.54) is 0 Å². The fourth-order valence-corrected chi connectivity index (χ4v) is 3.19. The highest BCUT2D eigenvalue weighted by molar-refractivity contribution is 7.87. The van der Waals surface area contributed by atoms with Gasteiger partial charge < -0.3 is 5.73 Å². The SMILES string of the molecule is CCNS(=O)(=O)N(CCCN)C1CCC1. The van der Waals surface area contributed by atoms with E-state index < -0.39 is 10.2 Å². The van der Waals surface area contributed by atoms with Crippen LogP contribution in [-0.2, 0) is 10.2 Å². The van der Waals surface area contributed by atoms with Gasteiger partial charge in [-0.25, -0.2) is 4.72 Å². The molecule has 15 heavy (non-hydrogen) atoms. The molecule has 0 aromatic rings. The molecule has 6 heteroatoms. The third-order valence-corrected chi connectivity index (χ3v) is 4.45. The van der Waals surface area contributed by atoms with Crippen LogP contribution < -0.4 is 10.5 Å². The van der Waals surface area contributed by atoms with Crippen molar-refractivity contribution < 1.29 is 8.42 Å². The van der Waals surface area contributed by atoms with Crippen molar-refractivity contribution in [3.8, 4) is 0 Å². The Morgan fingerprint density at radius 3 is 2.53 bits per heavy atom. The second kappa shape index (κ2) is 5.79. The zero-order chi connectivity index (χ0) is 11.3. The Hall–Kier alpha value is -0.170. The van der Waals surface area contributed by atoms with Gasteiger partial charge >= 0.3 is 0 Å². The van der Waals surface area contributed by atoms with Gasteiger partial charge in [0, 0.05) is 19.1 Å². The smallest absolute Gasteiger partial charge is 0.279 e. The first-order chi connectivity index (χ1) is 7.11. The van der Waals surface area contributed by atoms with Crippen molar-refractivity contribution in [1.29, 1.82) is 0 Å². The molecule has 3 N–H and O–H groups in total. The van der Waals surface area contributed by atoms with Crippen molar-refractivity contribution in [2.45, 2.75) is 38.6 Å². The summed E-state index contributed by atoms with van der Waals surface area (Å²) in [6, 6.07) is 0.195. The number of rotatable bonds is 7. The number of hydrogen-bond donors (Lipinski definition) is 2. The predicted molar refractivity (Wildman–Crippen MR) is 60.6 cm³/mol. The Balaban J connectivity index is 2.61. The number of nitrogens with two attached hydrogens (primary N) is 1. The van der Waals surface area contributed by atoms with E-state index in [4.69, 9.17) is 5.73 Å². The van der Waals surface area contributed by atoms with Gasteiger partial charge in [0.05, 0.1) is 0 Å². The Morgan fingerprint density at radius 2 is 2.13 bits per heavy atom. The average molecular weight is 235 g/mol. The number of hydrogen-bond acceptors (Lipinski definition) is 3. The maximum absolute atomic E-state index is 11.8. The third kappa shape index (κ3) is 3.41. The predicted octanol–water partition coefficient (Wildman–Crippen LogP) is 0.0440. The lowest BCUT2D eigenvalue weighted by atomic mass is 9.93. The molecule has 1 rings (SSSR count). The number of nitrogens with zero attached hydrogens (tertiary/aromatic N) is 1. The van der Waals surface area contributed by atoms with Crippen LogP contribution in [0.25, 0.3) is 0 Å². The van der Waals surface area contributed by atoms with Crippen LogP contribution in [0.3, 0.4) is 0 Å². The van der Waals surface area contributed by atoms with Crippen LogP contribution in [0.5, 0.6) is 0 Å². The number of nitrogens with one attached hydrogen (secondary N) is 1. The van der Waals surface area contributed by atoms with Crippen LogP contribution >= 0.6 is 0 Å². The van der Waals surface area contributed by atoms with E-state index in [0.717, 1.165) is 25.7 Å². The molecule has 0 aliphatic heterocycles. The van der Waals surface area contributed by atoms with Crippen molar-refractivity contribution in [1.82, 2.24) is 9.03 Å². The van der Waals surface area contributed by atoms with Gasteiger partial charge in [-0.3, -0.25) is 0 Å². The minimum Gasteiger partial charge on any atom is -0.330 e. The monoisotopic (exact) mass is 235 g/mol. The van der Waals surface area contributed by atoms with Crippen molar-refractivity contribution in [2.75, 3.05) is 19.6 Å². The van der Waals surface area contributed by atoms with E-state index in [0.29, 0.717) is 19.6 Å². The van der Waals surface area contributed by atoms with Crippen molar-refractivity contribution >= 4 is 10.2 Å². The van der Waals surface area contributed by atoms with Crippen molar-refractivity contribution in [2.24, 2.45) is 5.73 Å². The topological polar surface area (TPSA) is 75.4 Å². The van der Waals surface area contributed by atoms with Crippen LogP contribution in [-0.4, -0.2) is 38.4 Å². The summed E-state index contributed by atoms with van der Waals surface area (Å²) in [5, 5.41) is 0. The Morgan fingerprint density at radius 1 is 1.47 bits per heavy atom. The lowest BCUT2D eigenvalue weighted by Crippen LogP contribution is -2.49. The van der Waals surface area contributed by atoms with Gasteiger partial charge in [-0.15, -0.1) is 0 Å². The van der Waals surface area contributed by atoms with Gasteiger partial charge in [0.1, 0.15) is 0 Å². The quantitative estimate of drug-likeness (QED) is 0.654. The molecule has 0 unspecified atom stereocenters. The first-order valence-corrected chi connectivity index (χ1v) is 7.02. The average Bonchev–Trinajstić information content (AvgIpc) is 2.08. The highest BCUT2D eigenvalue weighted by Gasteiger charge is 2.32. The lowest BCUT2D eigenvalue weighted by molar-refractivity contribution is 0.216. The summed E-state index contributed by atoms with van der Waals surface area (Å²) in [6.07, 6.45) is 3.82. The van der Waals surface area contributed by atoms with Crippen LogP contribution in [0.4, 0.5) is 0 Å². The summed E-state index contributed by atoms with van der Waals surface area (Å²) in [5.41, 5.74) is 5.41. The Labute approximate surface area is 92.2 Å². The van der Waals surface area contributed by atoms with Crippen molar-refractivity contribution in [3.05, 3.63) is 0 Å². The molecule has 1 aliphatic carbocycles. The lowest BCUT2D eigenvalue weighted by Gasteiger charge is -2.36. The van der Waals surface area contributed by atoms with Gasteiger partial charge in [0.25, 0.3) is 10.2 Å². The zero-order valence-corrected chi connectivity index (χ0v) is 10.1. The van der Waals surface area contributed by atoms with E-state index in [2.05, 4.69) is 4.72 Å². The minimum atomic E-state index is -3.28. The second-order valence-corrected chi connectivity index (χ2v) is 5.55. The highest BCUT2D eigenvalue weighted by atomic mass is 32.2. The molecule has 0 aromatic carbocycles. The minimum absolute atomic E-state index is 0.195. The van der Waals surface area contributed by atoms with Crippen LogP contribution in [0.1, 0.15) is 32.6 Å². The molecule has 0 bridgehead atoms. The zero-order valence-electron chi connectivity index (χ0n) is 9.28. The van der Waals surface area contributed by atoms with E-state index in [9.17, 15) is 8.42 Å². The normalized spacial score (nSPS) is 18.1. The molecular formula is C9H21N3O2S. The third-order valence-electron chi connectivity index (χ3n) is 2.70. The fourth-order valence-electron chi connectivity index (χ4n) is 1.69. The van der Waals surface area contributed by atoms with Gasteiger partial charge in [-0.2, -0.15) is 12.7 Å². The molecule has 0 radical (unpaired) electrons. The van der Waals surface area contributed by atoms with E-state index in [1.54, 1.807) is 11.2 Å². The molecule has 90 valence electrons. The molecule has 0 amide bonds. The molecule has 0 spiro atoms. The largest absolute Gasteiger partial charge is 0.330 e. The van der Waals surface area contributed by atoms with Crippen molar-refractivity contribution in [3.63, 3.8) is 0 Å². The molecule has 0 saturated heterocycles. The molecule has 0 aromatic heterocycles. The van der Waals surface area contributed by atoms with Gasteiger partial charge in [-0.05, 0) is 25.8 Å². The molecular weight excluding hydrogens is 214 g/mol. The molecule has 1 aliphatic rings. The summed E-state index contributed by atoms with van der Waals surface area (Å²) in [4.78, 5) is 0. The van der Waals surface area contributed by atoms with Gasteiger partial charge in [-0.1, -0.05) is 13.3 Å². The van der Waals surface area contributed by atoms with E-state index in [-0.39, 0.29) is 6.04 Å². The van der Waals surface area contributed by atoms with Crippen LogP contribution in [0, 0.1) is 0 Å². The first kappa shape index (κ1) is 12.9. The maximum atomic E-state index is 11.8. The fraction of sp³-hybridized carbons (Fsp3) is 1.00. The molecule has 5 nitrogen and oxygen atoms in total. The molecule has 0 heterocycles. The summed E-state index contributed by atoms with van der Waals surface area (Å²) in [6.45, 7) is 3.30. The first-order valence-electron chi connectivity index (χ1n) is 5.58. The van der Waals surface area contributed by atoms with Gasteiger partial charge in [0.15, 0.2) is 0 Å². The van der Waals surface area contributed by atoms with Crippen LogP contribution in [0.15, 0.2) is 0 Å². The summed E-state index contributed by atoms with van der Waals surface area (Å²) < 4.78 is 27.8. The second-order valence-electron chi connectivity index (χ2n) is 3.84. The maximum Gasteiger partial charge on any atom is 0.279 e. The Kier molecular flexibility index (Phi) is 4.98.